The normalized spacial score (nSPS) is 12.7. The van der Waals surface area contributed by atoms with Crippen molar-refractivity contribution in [3.63, 3.8) is 0 Å². The van der Waals surface area contributed by atoms with Crippen LogP contribution in [0.4, 0.5) is 5.13 Å². The first-order valence-electron chi connectivity index (χ1n) is 6.32. The quantitative estimate of drug-likeness (QED) is 0.780. The van der Waals surface area contributed by atoms with E-state index in [1.54, 1.807) is 5.51 Å². The zero-order valence-electron chi connectivity index (χ0n) is 10.9. The Hall–Kier alpha value is -1.88. The summed E-state index contributed by atoms with van der Waals surface area (Å²) in [5.41, 5.74) is 3.93. The lowest BCUT2D eigenvalue weighted by Gasteiger charge is -2.11. The van der Waals surface area contributed by atoms with Crippen LogP contribution in [0.15, 0.2) is 34.2 Å². The van der Waals surface area contributed by atoms with Crippen LogP contribution in [0.5, 0.6) is 0 Å². The summed E-state index contributed by atoms with van der Waals surface area (Å²) in [5, 5.41) is 13.2. The Labute approximate surface area is 115 Å². The molecular weight excluding hydrogens is 258 g/mol. The Bertz CT molecular complexity index is 675. The Balaban J connectivity index is 1.99. The molecule has 0 spiro atoms. The van der Waals surface area contributed by atoms with E-state index in [4.69, 9.17) is 4.42 Å². The van der Waals surface area contributed by atoms with Gasteiger partial charge in [0, 0.05) is 10.9 Å². The summed E-state index contributed by atoms with van der Waals surface area (Å²) in [6.45, 7) is 4.23. The van der Waals surface area contributed by atoms with Crippen LogP contribution in [0.3, 0.4) is 0 Å². The fourth-order valence-electron chi connectivity index (χ4n) is 2.32. The van der Waals surface area contributed by atoms with Crippen LogP contribution in [0.1, 0.15) is 31.2 Å². The van der Waals surface area contributed by atoms with E-state index in [1.165, 1.54) is 22.3 Å². The largest absolute Gasteiger partial charge is 0.459 e. The number of fused-ring (bicyclic) bond motifs is 1. The minimum Gasteiger partial charge on any atom is -0.459 e. The average molecular weight is 273 g/mol. The number of hydrogen-bond acceptors (Lipinski definition) is 5. The first-order chi connectivity index (χ1) is 9.29. The second-order valence-corrected chi connectivity index (χ2v) is 5.24. The van der Waals surface area contributed by atoms with Crippen molar-refractivity contribution in [1.82, 2.24) is 10.2 Å². The Kier molecular flexibility index (Phi) is 3.21. The van der Waals surface area contributed by atoms with E-state index in [1.807, 2.05) is 18.2 Å². The second-order valence-electron chi connectivity index (χ2n) is 4.40. The predicted octanol–water partition coefficient (Wildman–Crippen LogP) is 4.02. The van der Waals surface area contributed by atoms with E-state index in [0.29, 0.717) is 0 Å². The number of furan rings is 1. The van der Waals surface area contributed by atoms with Gasteiger partial charge in [-0.1, -0.05) is 36.5 Å². The maximum absolute atomic E-state index is 5.99. The Morgan fingerprint density at radius 1 is 1.37 bits per heavy atom. The summed E-state index contributed by atoms with van der Waals surface area (Å²) >= 11 is 1.49. The van der Waals surface area contributed by atoms with Gasteiger partial charge < -0.3 is 9.73 Å². The molecule has 0 aliphatic heterocycles. The lowest BCUT2D eigenvalue weighted by atomic mass is 10.1. The Morgan fingerprint density at radius 3 is 2.95 bits per heavy atom. The molecule has 3 rings (SSSR count). The smallest absolute Gasteiger partial charge is 0.205 e. The highest BCUT2D eigenvalue weighted by Crippen LogP contribution is 2.32. The molecule has 0 amide bonds. The van der Waals surface area contributed by atoms with Crippen molar-refractivity contribution in [3.05, 3.63) is 41.1 Å². The van der Waals surface area contributed by atoms with Crippen molar-refractivity contribution < 1.29 is 4.42 Å². The molecule has 0 saturated carbocycles. The molecule has 98 valence electrons. The third-order valence-corrected chi connectivity index (χ3v) is 3.80. The molecule has 0 saturated heterocycles. The molecule has 2 heterocycles. The highest BCUT2D eigenvalue weighted by molar-refractivity contribution is 7.13. The van der Waals surface area contributed by atoms with Crippen molar-refractivity contribution in [3.8, 4) is 0 Å². The van der Waals surface area contributed by atoms with Gasteiger partial charge in [-0.05, 0) is 19.4 Å². The van der Waals surface area contributed by atoms with Gasteiger partial charge in [0.1, 0.15) is 16.9 Å². The fourth-order valence-corrected chi connectivity index (χ4v) is 2.85. The number of para-hydroxylation sites is 1. The third kappa shape index (κ3) is 2.21. The zero-order valence-corrected chi connectivity index (χ0v) is 11.7. The first kappa shape index (κ1) is 12.2. The van der Waals surface area contributed by atoms with Gasteiger partial charge in [-0.2, -0.15) is 0 Å². The lowest BCUT2D eigenvalue weighted by Crippen LogP contribution is -2.07. The Morgan fingerprint density at radius 2 is 2.21 bits per heavy atom. The zero-order chi connectivity index (χ0) is 13.2. The van der Waals surface area contributed by atoms with Crippen molar-refractivity contribution in [2.45, 2.75) is 26.3 Å². The number of anilines is 1. The van der Waals surface area contributed by atoms with E-state index < -0.39 is 0 Å². The van der Waals surface area contributed by atoms with Gasteiger partial charge in [-0.3, -0.25) is 0 Å². The molecule has 2 aromatic heterocycles. The number of aromatic nitrogens is 2. The van der Waals surface area contributed by atoms with Gasteiger partial charge in [0.2, 0.25) is 5.13 Å². The van der Waals surface area contributed by atoms with Crippen molar-refractivity contribution in [2.24, 2.45) is 0 Å². The summed E-state index contributed by atoms with van der Waals surface area (Å²) in [4.78, 5) is 0. The van der Waals surface area contributed by atoms with Crippen LogP contribution in [0.25, 0.3) is 11.0 Å². The molecule has 5 heteroatoms. The fraction of sp³-hybridized carbons (Fsp3) is 0.286. The van der Waals surface area contributed by atoms with Crippen LogP contribution < -0.4 is 5.32 Å². The molecule has 19 heavy (non-hydrogen) atoms. The number of rotatable bonds is 4. The highest BCUT2D eigenvalue weighted by Gasteiger charge is 2.18. The molecule has 0 fully saturated rings. The molecule has 1 unspecified atom stereocenters. The van der Waals surface area contributed by atoms with E-state index in [0.717, 1.165) is 22.9 Å². The number of aryl methyl sites for hydroxylation is 1. The van der Waals surface area contributed by atoms with Gasteiger partial charge in [-0.25, -0.2) is 0 Å². The first-order valence-corrected chi connectivity index (χ1v) is 7.20. The van der Waals surface area contributed by atoms with Gasteiger partial charge >= 0.3 is 0 Å². The topological polar surface area (TPSA) is 51.0 Å². The van der Waals surface area contributed by atoms with Crippen LogP contribution >= 0.6 is 11.3 Å². The maximum Gasteiger partial charge on any atom is 0.205 e. The minimum atomic E-state index is 0.0790. The standard InChI is InChI=1S/C14H15N3OS/c1-3-10-11-6-4-5-7-12(11)18-13(10)9(2)16-14-17-15-8-19-14/h4-9H,3H2,1-2H3,(H,16,17). The van der Waals surface area contributed by atoms with E-state index in [-0.39, 0.29) is 6.04 Å². The van der Waals surface area contributed by atoms with Gasteiger partial charge in [-0.15, -0.1) is 10.2 Å². The van der Waals surface area contributed by atoms with Crippen LogP contribution in [-0.2, 0) is 6.42 Å². The molecule has 0 aliphatic rings. The minimum absolute atomic E-state index is 0.0790. The molecule has 3 aromatic rings. The summed E-state index contributed by atoms with van der Waals surface area (Å²) in [5.74, 6) is 0.985. The maximum atomic E-state index is 5.99. The van der Waals surface area contributed by atoms with Crippen molar-refractivity contribution in [2.75, 3.05) is 5.32 Å². The lowest BCUT2D eigenvalue weighted by molar-refractivity contribution is 0.519. The van der Waals surface area contributed by atoms with Gasteiger partial charge in [0.05, 0.1) is 6.04 Å². The van der Waals surface area contributed by atoms with Crippen LogP contribution in [0.2, 0.25) is 0 Å². The summed E-state index contributed by atoms with van der Waals surface area (Å²) < 4.78 is 5.99. The third-order valence-electron chi connectivity index (χ3n) is 3.18. The summed E-state index contributed by atoms with van der Waals surface area (Å²) in [6, 6.07) is 8.24. The molecule has 0 radical (unpaired) electrons. The van der Waals surface area contributed by atoms with Crippen molar-refractivity contribution >= 4 is 27.4 Å². The predicted molar refractivity (Wildman–Crippen MR) is 77.5 cm³/mol. The number of benzene rings is 1. The van der Waals surface area contributed by atoms with Crippen LogP contribution in [-0.4, -0.2) is 10.2 Å². The summed E-state index contributed by atoms with van der Waals surface area (Å²) in [7, 11) is 0. The summed E-state index contributed by atoms with van der Waals surface area (Å²) in [6.07, 6.45) is 0.953. The van der Waals surface area contributed by atoms with E-state index in [2.05, 4.69) is 35.4 Å². The van der Waals surface area contributed by atoms with Gasteiger partial charge in [0.15, 0.2) is 0 Å². The molecule has 0 bridgehead atoms. The van der Waals surface area contributed by atoms with E-state index >= 15 is 0 Å². The number of hydrogen-bond donors (Lipinski definition) is 1. The van der Waals surface area contributed by atoms with E-state index in [9.17, 15) is 0 Å². The highest BCUT2D eigenvalue weighted by atomic mass is 32.1. The van der Waals surface area contributed by atoms with Crippen LogP contribution in [0, 0.1) is 0 Å². The van der Waals surface area contributed by atoms with Gasteiger partial charge in [0.25, 0.3) is 0 Å². The second kappa shape index (κ2) is 5.01. The van der Waals surface area contributed by atoms with Crippen molar-refractivity contribution in [1.29, 1.82) is 0 Å². The number of nitrogens with one attached hydrogen (secondary N) is 1. The molecular formula is C14H15N3OS. The molecule has 1 N–H and O–H groups in total. The molecule has 1 atom stereocenters. The molecule has 4 nitrogen and oxygen atoms in total. The molecule has 0 aliphatic carbocycles. The average Bonchev–Trinajstić information content (AvgIpc) is 3.04. The SMILES string of the molecule is CCc1c(C(C)Nc2nncs2)oc2ccccc12. The number of nitrogens with zero attached hydrogens (tertiary/aromatic N) is 2. The molecule has 1 aromatic carbocycles. The monoisotopic (exact) mass is 273 g/mol.